The lowest BCUT2D eigenvalue weighted by molar-refractivity contribution is 0.0980. The summed E-state index contributed by atoms with van der Waals surface area (Å²) in [6, 6.07) is 28.3. The Labute approximate surface area is 307 Å². The second-order valence-electron chi connectivity index (χ2n) is 13.2. The maximum Gasteiger partial charge on any atom is 0.261 e. The van der Waals surface area contributed by atoms with E-state index in [4.69, 9.17) is 29.7 Å². The highest BCUT2D eigenvalue weighted by atomic mass is 16.5. The molecule has 1 atom stereocenters. The van der Waals surface area contributed by atoms with Crippen LogP contribution in [0, 0.1) is 0 Å². The van der Waals surface area contributed by atoms with Crippen molar-refractivity contribution in [3.8, 4) is 23.0 Å². The number of benzene rings is 5. The SMILES string of the molecule is CNc1cc(OCc2cc(N)cc(COc3cc4c(cc3OC)C(=O)N3c5ccccc5C[C@H]3C=N4)c2)c(OC)cc1C(=O)N1CCc2ccccc21. The first-order valence-corrected chi connectivity index (χ1v) is 17.5. The third kappa shape index (κ3) is 6.24. The van der Waals surface area contributed by atoms with Gasteiger partial charge in [-0.2, -0.15) is 0 Å². The van der Waals surface area contributed by atoms with E-state index >= 15 is 0 Å². The molecule has 0 saturated carbocycles. The minimum Gasteiger partial charge on any atom is -0.493 e. The molecule has 0 saturated heterocycles. The highest BCUT2D eigenvalue weighted by Crippen LogP contribution is 2.42. The van der Waals surface area contributed by atoms with Crippen molar-refractivity contribution in [2.24, 2.45) is 4.99 Å². The van der Waals surface area contributed by atoms with Gasteiger partial charge in [0.25, 0.3) is 11.8 Å². The number of nitrogens with one attached hydrogen (secondary N) is 1. The van der Waals surface area contributed by atoms with Crippen molar-refractivity contribution >= 4 is 46.5 Å². The summed E-state index contributed by atoms with van der Waals surface area (Å²) in [7, 11) is 4.87. The molecule has 3 aliphatic rings. The van der Waals surface area contributed by atoms with E-state index in [2.05, 4.69) is 11.4 Å². The van der Waals surface area contributed by atoms with Gasteiger partial charge in [0.2, 0.25) is 0 Å². The lowest BCUT2D eigenvalue weighted by Gasteiger charge is -2.22. The topological polar surface area (TPSA) is 128 Å². The fourth-order valence-corrected chi connectivity index (χ4v) is 7.38. The van der Waals surface area contributed by atoms with Crippen molar-refractivity contribution < 1.29 is 28.5 Å². The van der Waals surface area contributed by atoms with Crippen molar-refractivity contribution in [2.75, 3.05) is 48.7 Å². The summed E-state index contributed by atoms with van der Waals surface area (Å²) >= 11 is 0. The number of nitrogens with two attached hydrogens (primary N) is 1. The monoisotopic (exact) mass is 709 g/mol. The predicted octanol–water partition coefficient (Wildman–Crippen LogP) is 6.98. The normalized spacial score (nSPS) is 15.2. The molecule has 5 aromatic carbocycles. The van der Waals surface area contributed by atoms with E-state index in [9.17, 15) is 9.59 Å². The van der Waals surface area contributed by atoms with Crippen LogP contribution in [0.5, 0.6) is 23.0 Å². The minimum absolute atomic E-state index is 0.111. The molecule has 5 aromatic rings. The molecular weight excluding hydrogens is 670 g/mol. The Bertz CT molecular complexity index is 2290. The van der Waals surface area contributed by atoms with Gasteiger partial charge >= 0.3 is 0 Å². The molecule has 2 amide bonds. The van der Waals surface area contributed by atoms with Crippen LogP contribution < -0.4 is 39.8 Å². The second kappa shape index (κ2) is 13.9. The van der Waals surface area contributed by atoms with Crippen molar-refractivity contribution in [3.05, 3.63) is 124 Å². The number of rotatable bonds is 10. The van der Waals surface area contributed by atoms with Crippen molar-refractivity contribution in [1.82, 2.24) is 0 Å². The van der Waals surface area contributed by atoms with E-state index in [0.29, 0.717) is 64.2 Å². The first-order valence-electron chi connectivity index (χ1n) is 17.5. The molecule has 8 rings (SSSR count). The zero-order chi connectivity index (χ0) is 36.6. The lowest BCUT2D eigenvalue weighted by Crippen LogP contribution is -2.37. The van der Waals surface area contributed by atoms with Crippen LogP contribution in [-0.4, -0.2) is 51.9 Å². The minimum atomic E-state index is -0.158. The van der Waals surface area contributed by atoms with Gasteiger partial charge in [-0.15, -0.1) is 0 Å². The molecule has 0 spiro atoms. The van der Waals surface area contributed by atoms with Gasteiger partial charge in [0.1, 0.15) is 13.2 Å². The second-order valence-corrected chi connectivity index (χ2v) is 13.2. The van der Waals surface area contributed by atoms with E-state index in [1.54, 1.807) is 55.3 Å². The largest absolute Gasteiger partial charge is 0.493 e. The number of carbonyl (C=O) groups is 2. The maximum absolute atomic E-state index is 13.8. The van der Waals surface area contributed by atoms with E-state index in [1.165, 1.54) is 0 Å². The molecule has 0 aliphatic carbocycles. The highest BCUT2D eigenvalue weighted by Gasteiger charge is 2.36. The van der Waals surface area contributed by atoms with E-state index in [0.717, 1.165) is 40.0 Å². The number of ether oxygens (including phenoxy) is 4. The quantitative estimate of drug-likeness (QED) is 0.149. The Hall–Kier alpha value is -6.49. The van der Waals surface area contributed by atoms with Crippen LogP contribution in [0.4, 0.5) is 28.4 Å². The smallest absolute Gasteiger partial charge is 0.261 e. The molecule has 11 nitrogen and oxygen atoms in total. The number of para-hydroxylation sites is 2. The van der Waals surface area contributed by atoms with Gasteiger partial charge in [-0.3, -0.25) is 19.5 Å². The molecule has 268 valence electrons. The van der Waals surface area contributed by atoms with Crippen LogP contribution in [0.3, 0.4) is 0 Å². The van der Waals surface area contributed by atoms with Gasteiger partial charge in [0.05, 0.1) is 42.8 Å². The number of amides is 2. The number of aliphatic imine (C=N–C) groups is 1. The molecule has 11 heteroatoms. The molecule has 3 aliphatic heterocycles. The third-order valence-corrected chi connectivity index (χ3v) is 9.93. The maximum atomic E-state index is 13.8. The number of methoxy groups -OCH3 is 2. The summed E-state index contributed by atoms with van der Waals surface area (Å²) in [5, 5.41) is 3.15. The van der Waals surface area contributed by atoms with Gasteiger partial charge in [-0.1, -0.05) is 36.4 Å². The number of hydrogen-bond donors (Lipinski definition) is 2. The number of carbonyl (C=O) groups excluding carboxylic acids is 2. The van der Waals surface area contributed by atoms with E-state index in [1.807, 2.05) is 66.9 Å². The van der Waals surface area contributed by atoms with Gasteiger partial charge < -0.3 is 34.9 Å². The first kappa shape index (κ1) is 33.6. The summed E-state index contributed by atoms with van der Waals surface area (Å²) in [5.74, 6) is 1.55. The Balaban J connectivity index is 0.984. The van der Waals surface area contributed by atoms with E-state index < -0.39 is 0 Å². The Morgan fingerprint density at radius 3 is 2.21 bits per heavy atom. The van der Waals surface area contributed by atoms with Crippen LogP contribution in [-0.2, 0) is 26.1 Å². The van der Waals surface area contributed by atoms with Gasteiger partial charge in [0, 0.05) is 55.4 Å². The number of nitrogens with zero attached hydrogens (tertiary/aromatic N) is 3. The van der Waals surface area contributed by atoms with Crippen LogP contribution in [0.1, 0.15) is 43.0 Å². The number of nitrogen functional groups attached to an aromatic ring is 1. The first-order chi connectivity index (χ1) is 25.8. The molecule has 0 fully saturated rings. The number of fused-ring (bicyclic) bond motifs is 5. The summed E-state index contributed by atoms with van der Waals surface area (Å²) in [6.45, 7) is 0.978. The molecule has 0 aromatic heterocycles. The molecule has 53 heavy (non-hydrogen) atoms. The average Bonchev–Trinajstić information content (AvgIpc) is 3.75. The van der Waals surface area contributed by atoms with Gasteiger partial charge in [-0.05, 0) is 71.1 Å². The Kier molecular flexibility index (Phi) is 8.83. The van der Waals surface area contributed by atoms with Crippen molar-refractivity contribution in [1.29, 1.82) is 0 Å². The lowest BCUT2D eigenvalue weighted by atomic mass is 10.1. The van der Waals surface area contributed by atoms with Crippen molar-refractivity contribution in [3.63, 3.8) is 0 Å². The molecule has 0 unspecified atom stereocenters. The highest BCUT2D eigenvalue weighted by molar-refractivity contribution is 6.15. The van der Waals surface area contributed by atoms with E-state index in [-0.39, 0.29) is 31.1 Å². The fourth-order valence-electron chi connectivity index (χ4n) is 7.38. The van der Waals surface area contributed by atoms with Gasteiger partial charge in [-0.25, -0.2) is 0 Å². The molecule has 0 bridgehead atoms. The standard InChI is InChI=1S/C42H39N5O6/c1-44-33-20-39(37(50-2)18-31(33)41(48)46-13-12-27-8-4-6-10-35(27)46)52-23-25-14-26(16-29(43)15-25)24-53-40-21-34-32(19-38(40)51-3)42(49)47-30(22-45-34)17-28-9-5-7-11-36(28)47/h4-11,14-16,18-22,30,44H,12-13,17,23-24,43H2,1-3H3/t30-/m0/s1. The molecule has 0 radical (unpaired) electrons. The molecule has 3 heterocycles. The number of anilines is 4. The predicted molar refractivity (Wildman–Crippen MR) is 206 cm³/mol. The summed E-state index contributed by atoms with van der Waals surface area (Å²) in [4.78, 5) is 35.9. The van der Waals surface area contributed by atoms with Crippen LogP contribution >= 0.6 is 0 Å². The Morgan fingerprint density at radius 2 is 1.49 bits per heavy atom. The van der Waals surface area contributed by atoms with Gasteiger partial charge in [0.15, 0.2) is 23.0 Å². The van der Waals surface area contributed by atoms with Crippen LogP contribution in [0.15, 0.2) is 96.0 Å². The number of hydrogen-bond acceptors (Lipinski definition) is 9. The third-order valence-electron chi connectivity index (χ3n) is 9.93. The Morgan fingerprint density at radius 1 is 0.830 bits per heavy atom. The summed E-state index contributed by atoms with van der Waals surface area (Å²) in [5.41, 5.74) is 14.7. The van der Waals surface area contributed by atoms with Crippen molar-refractivity contribution in [2.45, 2.75) is 32.1 Å². The fraction of sp³-hybridized carbons (Fsp3) is 0.214. The van der Waals surface area contributed by atoms with Crippen LogP contribution in [0.25, 0.3) is 0 Å². The summed E-state index contributed by atoms with van der Waals surface area (Å²) < 4.78 is 23.9. The molecular formula is C42H39N5O6. The zero-order valence-corrected chi connectivity index (χ0v) is 29.7. The summed E-state index contributed by atoms with van der Waals surface area (Å²) in [6.07, 6.45) is 3.36. The molecule has 3 N–H and O–H groups in total. The average molecular weight is 710 g/mol. The van der Waals surface area contributed by atoms with Crippen LogP contribution in [0.2, 0.25) is 0 Å². The zero-order valence-electron chi connectivity index (χ0n) is 29.7.